The van der Waals surface area contributed by atoms with Crippen molar-refractivity contribution in [3.8, 4) is 5.75 Å². The Labute approximate surface area is 232 Å². The number of hydrogen-bond acceptors (Lipinski definition) is 3. The summed E-state index contributed by atoms with van der Waals surface area (Å²) in [7, 11) is 0. The van der Waals surface area contributed by atoms with Gasteiger partial charge >= 0.3 is 5.97 Å². The van der Waals surface area contributed by atoms with Crippen molar-refractivity contribution in [2.45, 2.75) is 77.2 Å². The average Bonchev–Trinajstić information content (AvgIpc) is 3.25. The molecule has 0 heterocycles. The SMILES string of the molecule is CCCOc1ccc(C[C@@H](Cc2ccccc2)C(=O)O)cc1CNC(=O)c1ccc(C2CCCCCC2)cc1. The first-order valence-corrected chi connectivity index (χ1v) is 14.4. The summed E-state index contributed by atoms with van der Waals surface area (Å²) in [5.74, 6) is -0.153. The number of carboxylic acid groups (broad SMARTS) is 1. The lowest BCUT2D eigenvalue weighted by Gasteiger charge is -2.17. The number of ether oxygens (including phenoxy) is 1. The Balaban J connectivity index is 1.43. The number of nitrogens with one attached hydrogen (secondary N) is 1. The molecular weight excluding hydrogens is 486 g/mol. The summed E-state index contributed by atoms with van der Waals surface area (Å²) < 4.78 is 5.95. The fourth-order valence-electron chi connectivity index (χ4n) is 5.48. The lowest BCUT2D eigenvalue weighted by Crippen LogP contribution is -2.23. The van der Waals surface area contributed by atoms with Crippen LogP contribution in [0.1, 0.15) is 90.4 Å². The maximum absolute atomic E-state index is 13.0. The van der Waals surface area contributed by atoms with Crippen molar-refractivity contribution in [1.82, 2.24) is 5.32 Å². The minimum absolute atomic E-state index is 0.123. The Morgan fingerprint density at radius 1 is 0.897 bits per heavy atom. The molecule has 1 fully saturated rings. The van der Waals surface area contributed by atoms with E-state index in [1.165, 1.54) is 44.1 Å². The predicted molar refractivity (Wildman–Crippen MR) is 155 cm³/mol. The van der Waals surface area contributed by atoms with E-state index in [0.29, 0.717) is 37.5 Å². The molecule has 5 heteroatoms. The number of aliphatic carboxylic acids is 1. The third-order valence-corrected chi connectivity index (χ3v) is 7.68. The van der Waals surface area contributed by atoms with Crippen LogP contribution in [-0.4, -0.2) is 23.6 Å². The van der Waals surface area contributed by atoms with Gasteiger partial charge in [-0.3, -0.25) is 9.59 Å². The third-order valence-electron chi connectivity index (χ3n) is 7.68. The van der Waals surface area contributed by atoms with E-state index in [0.717, 1.165) is 28.9 Å². The summed E-state index contributed by atoms with van der Waals surface area (Å²) in [6, 6.07) is 23.6. The first-order chi connectivity index (χ1) is 19.0. The van der Waals surface area contributed by atoms with Crippen LogP contribution in [0, 0.1) is 5.92 Å². The van der Waals surface area contributed by atoms with Gasteiger partial charge in [-0.1, -0.05) is 87.2 Å². The second-order valence-corrected chi connectivity index (χ2v) is 10.7. The van der Waals surface area contributed by atoms with Crippen LogP contribution in [0.25, 0.3) is 0 Å². The van der Waals surface area contributed by atoms with Crippen molar-refractivity contribution in [1.29, 1.82) is 0 Å². The van der Waals surface area contributed by atoms with Crippen LogP contribution < -0.4 is 10.1 Å². The molecule has 0 bridgehead atoms. The van der Waals surface area contributed by atoms with Gasteiger partial charge in [0.1, 0.15) is 5.75 Å². The van der Waals surface area contributed by atoms with Gasteiger partial charge in [-0.15, -0.1) is 0 Å². The summed E-state index contributed by atoms with van der Waals surface area (Å²) in [6.45, 7) is 2.94. The molecule has 1 aliphatic carbocycles. The molecule has 3 aromatic rings. The molecule has 0 spiro atoms. The molecule has 0 saturated heterocycles. The zero-order valence-corrected chi connectivity index (χ0v) is 23.0. The first kappa shape index (κ1) is 28.4. The van der Waals surface area contributed by atoms with Gasteiger partial charge in [-0.25, -0.2) is 0 Å². The van der Waals surface area contributed by atoms with Gasteiger partial charge in [0.2, 0.25) is 0 Å². The van der Waals surface area contributed by atoms with Gasteiger partial charge in [0, 0.05) is 17.7 Å². The van der Waals surface area contributed by atoms with Gasteiger partial charge in [0.05, 0.1) is 12.5 Å². The van der Waals surface area contributed by atoms with E-state index in [2.05, 4.69) is 24.4 Å². The second kappa shape index (κ2) is 14.5. The molecule has 1 saturated carbocycles. The van der Waals surface area contributed by atoms with Gasteiger partial charge in [0.25, 0.3) is 5.91 Å². The summed E-state index contributed by atoms with van der Waals surface area (Å²) in [5, 5.41) is 12.9. The van der Waals surface area contributed by atoms with Crippen molar-refractivity contribution < 1.29 is 19.4 Å². The number of hydrogen-bond donors (Lipinski definition) is 2. The van der Waals surface area contributed by atoms with Crippen molar-refractivity contribution in [2.24, 2.45) is 5.92 Å². The molecule has 39 heavy (non-hydrogen) atoms. The highest BCUT2D eigenvalue weighted by Gasteiger charge is 2.20. The number of amides is 1. The first-order valence-electron chi connectivity index (χ1n) is 14.4. The monoisotopic (exact) mass is 527 g/mol. The van der Waals surface area contributed by atoms with E-state index in [1.807, 2.05) is 60.7 Å². The van der Waals surface area contributed by atoms with E-state index in [9.17, 15) is 14.7 Å². The minimum atomic E-state index is -0.813. The molecule has 1 atom stereocenters. The van der Waals surface area contributed by atoms with Crippen LogP contribution in [0.5, 0.6) is 5.75 Å². The zero-order valence-electron chi connectivity index (χ0n) is 23.0. The molecule has 1 aliphatic rings. The molecule has 5 nitrogen and oxygen atoms in total. The Morgan fingerprint density at radius 3 is 2.26 bits per heavy atom. The van der Waals surface area contributed by atoms with Gasteiger partial charge in [-0.2, -0.15) is 0 Å². The highest BCUT2D eigenvalue weighted by molar-refractivity contribution is 5.94. The molecule has 1 amide bonds. The van der Waals surface area contributed by atoms with E-state index >= 15 is 0 Å². The number of rotatable bonds is 12. The third kappa shape index (κ3) is 8.44. The summed E-state index contributed by atoms with van der Waals surface area (Å²) in [5.41, 5.74) is 4.76. The van der Waals surface area contributed by atoms with E-state index in [-0.39, 0.29) is 5.91 Å². The molecule has 0 unspecified atom stereocenters. The van der Waals surface area contributed by atoms with E-state index < -0.39 is 11.9 Å². The van der Waals surface area contributed by atoms with Gasteiger partial charge in [0.15, 0.2) is 0 Å². The lowest BCUT2D eigenvalue weighted by molar-refractivity contribution is -0.141. The van der Waals surface area contributed by atoms with Crippen LogP contribution >= 0.6 is 0 Å². The Bertz CT molecular complexity index is 1200. The van der Waals surface area contributed by atoms with Gasteiger partial charge < -0.3 is 15.2 Å². The smallest absolute Gasteiger partial charge is 0.307 e. The average molecular weight is 528 g/mol. The Hall–Kier alpha value is -3.60. The van der Waals surface area contributed by atoms with Crippen LogP contribution in [-0.2, 0) is 24.2 Å². The molecule has 206 valence electrons. The number of carbonyl (C=O) groups is 2. The highest BCUT2D eigenvalue weighted by Crippen LogP contribution is 2.31. The lowest BCUT2D eigenvalue weighted by atomic mass is 9.91. The van der Waals surface area contributed by atoms with Crippen molar-refractivity contribution in [3.63, 3.8) is 0 Å². The molecule has 3 aromatic carbocycles. The summed E-state index contributed by atoms with van der Waals surface area (Å²) in [6.07, 6.45) is 9.43. The normalized spacial score (nSPS) is 14.8. The Kier molecular flexibility index (Phi) is 10.6. The maximum Gasteiger partial charge on any atom is 0.307 e. The maximum atomic E-state index is 13.0. The van der Waals surface area contributed by atoms with Crippen LogP contribution in [0.2, 0.25) is 0 Å². The Morgan fingerprint density at radius 2 is 1.59 bits per heavy atom. The van der Waals surface area contributed by atoms with Crippen molar-refractivity contribution in [2.75, 3.05) is 6.61 Å². The number of carboxylic acids is 1. The minimum Gasteiger partial charge on any atom is -0.493 e. The summed E-state index contributed by atoms with van der Waals surface area (Å²) >= 11 is 0. The topological polar surface area (TPSA) is 75.6 Å². The molecule has 0 aromatic heterocycles. The predicted octanol–water partition coefficient (Wildman–Crippen LogP) is 7.33. The summed E-state index contributed by atoms with van der Waals surface area (Å²) in [4.78, 5) is 25.0. The van der Waals surface area contributed by atoms with Crippen molar-refractivity contribution >= 4 is 11.9 Å². The van der Waals surface area contributed by atoms with E-state index in [1.54, 1.807) is 0 Å². The van der Waals surface area contributed by atoms with Gasteiger partial charge in [-0.05, 0) is 72.9 Å². The van der Waals surface area contributed by atoms with Crippen molar-refractivity contribution in [3.05, 3.63) is 101 Å². The quantitative estimate of drug-likeness (QED) is 0.242. The molecular formula is C34H41NO4. The van der Waals surface area contributed by atoms with Crippen LogP contribution in [0.4, 0.5) is 0 Å². The fraction of sp³-hybridized carbons (Fsp3) is 0.412. The fourth-order valence-corrected chi connectivity index (χ4v) is 5.48. The molecule has 0 aliphatic heterocycles. The molecule has 2 N–H and O–H groups in total. The second-order valence-electron chi connectivity index (χ2n) is 10.7. The standard InChI is InChI=1S/C34H41NO4/c1-2-20-39-32-19-14-26(22-30(34(37)38)21-25-10-6-5-7-11-25)23-31(32)24-35-33(36)29-17-15-28(16-18-29)27-12-8-3-4-9-13-27/h5-7,10-11,14-19,23,27,30H,2-4,8-9,12-13,20-22,24H2,1H3,(H,35,36)(H,37,38)/t30-/m1/s1. The highest BCUT2D eigenvalue weighted by atomic mass is 16.5. The largest absolute Gasteiger partial charge is 0.493 e. The zero-order chi connectivity index (χ0) is 27.5. The van der Waals surface area contributed by atoms with E-state index in [4.69, 9.17) is 4.74 Å². The number of carbonyl (C=O) groups excluding carboxylic acids is 1. The van der Waals surface area contributed by atoms with Crippen LogP contribution in [0.3, 0.4) is 0 Å². The molecule has 4 rings (SSSR count). The number of benzene rings is 3. The molecule has 0 radical (unpaired) electrons. The van der Waals surface area contributed by atoms with Crippen LogP contribution in [0.15, 0.2) is 72.8 Å².